The zero-order valence-corrected chi connectivity index (χ0v) is 12.0. The van der Waals surface area contributed by atoms with Gasteiger partial charge in [0, 0.05) is 20.2 Å². The normalized spacial score (nSPS) is 10.5. The van der Waals surface area contributed by atoms with Crippen molar-refractivity contribution in [2.45, 2.75) is 19.9 Å². The summed E-state index contributed by atoms with van der Waals surface area (Å²) in [6.45, 7) is 5.29. The first-order valence-electron chi connectivity index (χ1n) is 5.88. The van der Waals surface area contributed by atoms with Crippen molar-refractivity contribution in [2.24, 2.45) is 0 Å². The zero-order chi connectivity index (χ0) is 12.5. The topological polar surface area (TPSA) is 30.5 Å². The molecule has 1 aromatic carbocycles. The van der Waals surface area contributed by atoms with Crippen LogP contribution in [0.4, 0.5) is 0 Å². The van der Waals surface area contributed by atoms with Crippen molar-refractivity contribution in [3.05, 3.63) is 28.2 Å². The second kappa shape index (κ2) is 8.50. The van der Waals surface area contributed by atoms with Gasteiger partial charge >= 0.3 is 0 Å². The molecule has 0 aliphatic carbocycles. The van der Waals surface area contributed by atoms with Gasteiger partial charge in [0.15, 0.2) is 0 Å². The minimum Gasteiger partial charge on any atom is -0.492 e. The minimum atomic E-state index is 0.735. The first kappa shape index (κ1) is 14.5. The van der Waals surface area contributed by atoms with Gasteiger partial charge in [-0.1, -0.05) is 13.0 Å². The van der Waals surface area contributed by atoms with Crippen molar-refractivity contribution < 1.29 is 9.47 Å². The number of hydrogen-bond acceptors (Lipinski definition) is 3. The maximum atomic E-state index is 5.60. The number of rotatable bonds is 8. The predicted octanol–water partition coefficient (Wildman–Crippen LogP) is 2.97. The molecule has 0 fully saturated rings. The Morgan fingerprint density at radius 2 is 2.12 bits per heavy atom. The monoisotopic (exact) mass is 301 g/mol. The third-order valence-electron chi connectivity index (χ3n) is 2.27. The van der Waals surface area contributed by atoms with Crippen LogP contribution in [0.2, 0.25) is 0 Å². The standard InChI is InChI=1S/C13H20BrNO2/c1-3-7-17-13-5-4-11(9-12(13)14)10-15-6-8-16-2/h4-5,9,15H,3,6-8,10H2,1-2H3. The summed E-state index contributed by atoms with van der Waals surface area (Å²) >= 11 is 3.52. The van der Waals surface area contributed by atoms with Crippen LogP contribution < -0.4 is 10.1 Å². The summed E-state index contributed by atoms with van der Waals surface area (Å²) in [6.07, 6.45) is 1.02. The molecule has 0 atom stereocenters. The summed E-state index contributed by atoms with van der Waals surface area (Å²) in [5.74, 6) is 0.910. The van der Waals surface area contributed by atoms with Crippen LogP contribution in [-0.2, 0) is 11.3 Å². The molecule has 0 spiro atoms. The van der Waals surface area contributed by atoms with Gasteiger partial charge < -0.3 is 14.8 Å². The first-order valence-corrected chi connectivity index (χ1v) is 6.68. The van der Waals surface area contributed by atoms with Crippen LogP contribution in [0.3, 0.4) is 0 Å². The highest BCUT2D eigenvalue weighted by molar-refractivity contribution is 9.10. The molecule has 0 aromatic heterocycles. The Labute approximate surface area is 112 Å². The van der Waals surface area contributed by atoms with Gasteiger partial charge in [0.2, 0.25) is 0 Å². The average molecular weight is 302 g/mol. The van der Waals surface area contributed by atoms with E-state index in [-0.39, 0.29) is 0 Å². The van der Waals surface area contributed by atoms with Crippen molar-refractivity contribution in [1.82, 2.24) is 5.32 Å². The Morgan fingerprint density at radius 1 is 1.29 bits per heavy atom. The molecule has 1 rings (SSSR count). The minimum absolute atomic E-state index is 0.735. The van der Waals surface area contributed by atoms with Gasteiger partial charge in [0.05, 0.1) is 17.7 Å². The second-order valence-electron chi connectivity index (χ2n) is 3.78. The number of nitrogens with one attached hydrogen (secondary N) is 1. The fraction of sp³-hybridized carbons (Fsp3) is 0.538. The Bertz CT molecular complexity index is 331. The lowest BCUT2D eigenvalue weighted by Crippen LogP contribution is -2.18. The highest BCUT2D eigenvalue weighted by Crippen LogP contribution is 2.26. The molecule has 0 aliphatic rings. The molecule has 3 nitrogen and oxygen atoms in total. The second-order valence-corrected chi connectivity index (χ2v) is 4.64. The van der Waals surface area contributed by atoms with Crippen LogP contribution in [0.1, 0.15) is 18.9 Å². The van der Waals surface area contributed by atoms with E-state index in [1.807, 2.05) is 6.07 Å². The van der Waals surface area contributed by atoms with E-state index in [2.05, 4.69) is 40.3 Å². The Kier molecular flexibility index (Phi) is 7.24. The number of benzene rings is 1. The molecular formula is C13H20BrNO2. The lowest BCUT2D eigenvalue weighted by molar-refractivity contribution is 0.199. The molecule has 96 valence electrons. The van der Waals surface area contributed by atoms with Crippen LogP contribution in [0.15, 0.2) is 22.7 Å². The van der Waals surface area contributed by atoms with E-state index in [0.717, 1.165) is 42.9 Å². The molecule has 4 heteroatoms. The van der Waals surface area contributed by atoms with E-state index < -0.39 is 0 Å². The SMILES string of the molecule is CCCOc1ccc(CNCCOC)cc1Br. The summed E-state index contributed by atoms with van der Waals surface area (Å²) in [7, 11) is 1.71. The van der Waals surface area contributed by atoms with Gasteiger partial charge in [-0.25, -0.2) is 0 Å². The summed E-state index contributed by atoms with van der Waals surface area (Å²) in [4.78, 5) is 0. The Balaban J connectivity index is 2.44. The largest absolute Gasteiger partial charge is 0.492 e. The van der Waals surface area contributed by atoms with Gasteiger partial charge in [0.25, 0.3) is 0 Å². The van der Waals surface area contributed by atoms with Crippen molar-refractivity contribution in [3.63, 3.8) is 0 Å². The van der Waals surface area contributed by atoms with Crippen molar-refractivity contribution in [2.75, 3.05) is 26.9 Å². The molecule has 1 aromatic rings. The lowest BCUT2D eigenvalue weighted by Gasteiger charge is -2.09. The number of hydrogen-bond donors (Lipinski definition) is 1. The van der Waals surface area contributed by atoms with Gasteiger partial charge in [-0.3, -0.25) is 0 Å². The van der Waals surface area contributed by atoms with Gasteiger partial charge in [-0.05, 0) is 40.0 Å². The van der Waals surface area contributed by atoms with Crippen molar-refractivity contribution >= 4 is 15.9 Å². The highest BCUT2D eigenvalue weighted by atomic mass is 79.9. The molecule has 0 radical (unpaired) electrons. The van der Waals surface area contributed by atoms with Gasteiger partial charge in [-0.15, -0.1) is 0 Å². The quantitative estimate of drug-likeness (QED) is 0.749. The van der Waals surface area contributed by atoms with Crippen LogP contribution >= 0.6 is 15.9 Å². The molecule has 1 N–H and O–H groups in total. The summed E-state index contributed by atoms with van der Waals surface area (Å²) in [5.41, 5.74) is 1.23. The number of ether oxygens (including phenoxy) is 2. The van der Waals surface area contributed by atoms with E-state index in [4.69, 9.17) is 9.47 Å². The first-order chi connectivity index (χ1) is 8.27. The Morgan fingerprint density at radius 3 is 2.76 bits per heavy atom. The predicted molar refractivity (Wildman–Crippen MR) is 73.5 cm³/mol. The fourth-order valence-electron chi connectivity index (χ4n) is 1.39. The number of methoxy groups -OCH3 is 1. The van der Waals surface area contributed by atoms with Crippen LogP contribution in [0.5, 0.6) is 5.75 Å². The van der Waals surface area contributed by atoms with E-state index in [1.54, 1.807) is 7.11 Å². The zero-order valence-electron chi connectivity index (χ0n) is 10.5. The Hall–Kier alpha value is -0.580. The maximum absolute atomic E-state index is 5.60. The summed E-state index contributed by atoms with van der Waals surface area (Å²) in [6, 6.07) is 6.17. The third kappa shape index (κ3) is 5.52. The molecule has 0 unspecified atom stereocenters. The molecule has 0 saturated carbocycles. The third-order valence-corrected chi connectivity index (χ3v) is 2.89. The average Bonchev–Trinajstić information content (AvgIpc) is 2.34. The van der Waals surface area contributed by atoms with E-state index >= 15 is 0 Å². The molecule has 0 bridgehead atoms. The molecule has 0 amide bonds. The van der Waals surface area contributed by atoms with E-state index in [0.29, 0.717) is 0 Å². The summed E-state index contributed by atoms with van der Waals surface area (Å²) in [5, 5.41) is 3.31. The lowest BCUT2D eigenvalue weighted by atomic mass is 10.2. The van der Waals surface area contributed by atoms with E-state index in [1.165, 1.54) is 5.56 Å². The maximum Gasteiger partial charge on any atom is 0.133 e. The molecule has 0 heterocycles. The van der Waals surface area contributed by atoms with Crippen molar-refractivity contribution in [1.29, 1.82) is 0 Å². The molecule has 0 saturated heterocycles. The smallest absolute Gasteiger partial charge is 0.133 e. The van der Waals surface area contributed by atoms with Crippen LogP contribution in [0, 0.1) is 0 Å². The molecule has 17 heavy (non-hydrogen) atoms. The number of halogens is 1. The van der Waals surface area contributed by atoms with E-state index in [9.17, 15) is 0 Å². The van der Waals surface area contributed by atoms with Gasteiger partial charge in [0.1, 0.15) is 5.75 Å². The summed E-state index contributed by atoms with van der Waals surface area (Å²) < 4.78 is 11.6. The van der Waals surface area contributed by atoms with Crippen LogP contribution in [0.25, 0.3) is 0 Å². The fourth-order valence-corrected chi connectivity index (χ4v) is 1.93. The van der Waals surface area contributed by atoms with Gasteiger partial charge in [-0.2, -0.15) is 0 Å². The molecular weight excluding hydrogens is 282 g/mol. The van der Waals surface area contributed by atoms with Crippen molar-refractivity contribution in [3.8, 4) is 5.75 Å². The highest BCUT2D eigenvalue weighted by Gasteiger charge is 2.02. The van der Waals surface area contributed by atoms with Crippen LogP contribution in [-0.4, -0.2) is 26.9 Å². The molecule has 0 aliphatic heterocycles.